The molecule has 0 aliphatic heterocycles. The molecule has 0 saturated heterocycles. The van der Waals surface area contributed by atoms with Crippen LogP contribution in [0.15, 0.2) is 29.2 Å². The molecule has 0 saturated carbocycles. The molecule has 0 heterocycles. The Morgan fingerprint density at radius 3 is 2.37 bits per heavy atom. The molecule has 0 aliphatic rings. The van der Waals surface area contributed by atoms with E-state index in [2.05, 4.69) is 4.72 Å². The minimum Gasteiger partial charge on any atom is -0.327 e. The molecule has 0 radical (unpaired) electrons. The summed E-state index contributed by atoms with van der Waals surface area (Å²) in [6, 6.07) is 5.75. The van der Waals surface area contributed by atoms with Gasteiger partial charge >= 0.3 is 6.03 Å². The maximum atomic E-state index is 12.0. The van der Waals surface area contributed by atoms with Crippen LogP contribution >= 0.6 is 0 Å². The summed E-state index contributed by atoms with van der Waals surface area (Å²) in [6.07, 6.45) is 1.79. The van der Waals surface area contributed by atoms with Crippen LogP contribution in [0.4, 0.5) is 4.79 Å². The number of unbranched alkanes of at least 4 members (excludes halogenated alkanes) is 1. The van der Waals surface area contributed by atoms with Crippen molar-refractivity contribution in [2.45, 2.75) is 31.6 Å². The quantitative estimate of drug-likeness (QED) is 0.900. The van der Waals surface area contributed by atoms with Gasteiger partial charge in [-0.15, -0.1) is 0 Å². The lowest BCUT2D eigenvalue weighted by Crippen LogP contribution is -2.41. The molecule has 1 aromatic carbocycles. The van der Waals surface area contributed by atoms with Gasteiger partial charge in [-0.1, -0.05) is 31.0 Å². The van der Waals surface area contributed by atoms with E-state index < -0.39 is 16.1 Å². The number of benzene rings is 1. The molecule has 1 N–H and O–H groups in total. The van der Waals surface area contributed by atoms with Crippen LogP contribution in [0.5, 0.6) is 0 Å². The highest BCUT2D eigenvalue weighted by molar-refractivity contribution is 7.90. The lowest BCUT2D eigenvalue weighted by molar-refractivity contribution is 0.214. The number of carbonyl (C=O) groups excluding carboxylic acids is 1. The minimum atomic E-state index is -3.79. The van der Waals surface area contributed by atoms with Crippen molar-refractivity contribution in [3.8, 4) is 0 Å². The van der Waals surface area contributed by atoms with Crippen molar-refractivity contribution in [2.24, 2.45) is 0 Å². The SMILES string of the molecule is CCCCN(C)C(=O)NS(=O)(=O)c1ccc(C)cc1. The summed E-state index contributed by atoms with van der Waals surface area (Å²) in [4.78, 5) is 13.2. The highest BCUT2D eigenvalue weighted by Gasteiger charge is 2.19. The Morgan fingerprint density at radius 2 is 1.84 bits per heavy atom. The molecule has 6 heteroatoms. The van der Waals surface area contributed by atoms with Crippen molar-refractivity contribution in [1.82, 2.24) is 9.62 Å². The summed E-state index contributed by atoms with van der Waals surface area (Å²) >= 11 is 0. The van der Waals surface area contributed by atoms with Gasteiger partial charge < -0.3 is 4.90 Å². The van der Waals surface area contributed by atoms with Crippen LogP contribution in [0, 0.1) is 6.92 Å². The second kappa shape index (κ2) is 6.56. The summed E-state index contributed by atoms with van der Waals surface area (Å²) in [7, 11) is -2.21. The maximum Gasteiger partial charge on any atom is 0.331 e. The van der Waals surface area contributed by atoms with E-state index in [1.807, 2.05) is 13.8 Å². The standard InChI is InChI=1S/C13H20N2O3S/c1-4-5-10-15(3)13(16)14-19(17,18)12-8-6-11(2)7-9-12/h6-9H,4-5,10H2,1-3H3,(H,14,16). The summed E-state index contributed by atoms with van der Waals surface area (Å²) in [5.41, 5.74) is 0.963. The predicted octanol–water partition coefficient (Wildman–Crippen LogP) is 2.13. The smallest absolute Gasteiger partial charge is 0.327 e. The molecule has 1 aromatic rings. The molecule has 19 heavy (non-hydrogen) atoms. The highest BCUT2D eigenvalue weighted by atomic mass is 32.2. The zero-order chi connectivity index (χ0) is 14.5. The first-order valence-electron chi connectivity index (χ1n) is 6.21. The highest BCUT2D eigenvalue weighted by Crippen LogP contribution is 2.10. The van der Waals surface area contributed by atoms with E-state index >= 15 is 0 Å². The summed E-state index contributed by atoms with van der Waals surface area (Å²) in [6.45, 7) is 4.41. The Kier molecular flexibility index (Phi) is 5.35. The van der Waals surface area contributed by atoms with E-state index in [4.69, 9.17) is 0 Å². The van der Waals surface area contributed by atoms with Crippen LogP contribution in [-0.4, -0.2) is 32.9 Å². The van der Waals surface area contributed by atoms with Crippen LogP contribution in [0.2, 0.25) is 0 Å². The van der Waals surface area contributed by atoms with Gasteiger partial charge in [-0.3, -0.25) is 0 Å². The fourth-order valence-corrected chi connectivity index (χ4v) is 2.46. The molecule has 0 fully saturated rings. The number of nitrogens with one attached hydrogen (secondary N) is 1. The van der Waals surface area contributed by atoms with Gasteiger partial charge in [0.1, 0.15) is 0 Å². The zero-order valence-electron chi connectivity index (χ0n) is 11.5. The van der Waals surface area contributed by atoms with Crippen LogP contribution in [-0.2, 0) is 10.0 Å². The van der Waals surface area contributed by atoms with Gasteiger partial charge in [-0.2, -0.15) is 0 Å². The minimum absolute atomic E-state index is 0.0929. The number of nitrogens with zero attached hydrogens (tertiary/aromatic N) is 1. The second-order valence-electron chi connectivity index (χ2n) is 4.50. The Bertz CT molecular complexity index is 523. The van der Waals surface area contributed by atoms with E-state index in [1.165, 1.54) is 17.0 Å². The number of hydrogen-bond donors (Lipinski definition) is 1. The van der Waals surface area contributed by atoms with E-state index in [-0.39, 0.29) is 4.90 Å². The monoisotopic (exact) mass is 284 g/mol. The lowest BCUT2D eigenvalue weighted by Gasteiger charge is -2.17. The van der Waals surface area contributed by atoms with Crippen LogP contribution in [0.1, 0.15) is 25.3 Å². The van der Waals surface area contributed by atoms with Gasteiger partial charge in [0, 0.05) is 13.6 Å². The van der Waals surface area contributed by atoms with E-state index in [0.717, 1.165) is 18.4 Å². The fourth-order valence-electron chi connectivity index (χ4n) is 1.47. The molecule has 0 atom stereocenters. The number of sulfonamides is 1. The molecular formula is C13H20N2O3S. The molecule has 106 valence electrons. The molecule has 0 unspecified atom stereocenters. The van der Waals surface area contributed by atoms with E-state index in [1.54, 1.807) is 19.2 Å². The van der Waals surface area contributed by atoms with Crippen LogP contribution in [0.3, 0.4) is 0 Å². The van der Waals surface area contributed by atoms with Gasteiger partial charge in [0.05, 0.1) is 4.90 Å². The van der Waals surface area contributed by atoms with Gasteiger partial charge in [-0.05, 0) is 25.5 Å². The average Bonchev–Trinajstić information content (AvgIpc) is 2.35. The Morgan fingerprint density at radius 1 is 1.26 bits per heavy atom. The van der Waals surface area contributed by atoms with Crippen molar-refractivity contribution in [3.05, 3.63) is 29.8 Å². The normalized spacial score (nSPS) is 11.1. The molecular weight excluding hydrogens is 264 g/mol. The van der Waals surface area contributed by atoms with Crippen molar-refractivity contribution >= 4 is 16.1 Å². The molecule has 0 spiro atoms. The largest absolute Gasteiger partial charge is 0.331 e. The van der Waals surface area contributed by atoms with Crippen LogP contribution < -0.4 is 4.72 Å². The van der Waals surface area contributed by atoms with Gasteiger partial charge in [0.25, 0.3) is 10.0 Å². The van der Waals surface area contributed by atoms with E-state index in [0.29, 0.717) is 6.54 Å². The number of rotatable bonds is 5. The summed E-state index contributed by atoms with van der Waals surface area (Å²) < 4.78 is 26.0. The Labute approximate surface area is 114 Å². The van der Waals surface area contributed by atoms with E-state index in [9.17, 15) is 13.2 Å². The van der Waals surface area contributed by atoms with Gasteiger partial charge in [-0.25, -0.2) is 17.9 Å². The van der Waals surface area contributed by atoms with Crippen molar-refractivity contribution in [2.75, 3.05) is 13.6 Å². The number of aryl methyl sites for hydroxylation is 1. The molecule has 0 aromatic heterocycles. The molecule has 5 nitrogen and oxygen atoms in total. The Hall–Kier alpha value is -1.56. The maximum absolute atomic E-state index is 12.0. The average molecular weight is 284 g/mol. The number of carbonyl (C=O) groups is 1. The Balaban J connectivity index is 2.74. The molecule has 0 aliphatic carbocycles. The number of hydrogen-bond acceptors (Lipinski definition) is 3. The van der Waals surface area contributed by atoms with Crippen molar-refractivity contribution in [1.29, 1.82) is 0 Å². The zero-order valence-corrected chi connectivity index (χ0v) is 12.3. The van der Waals surface area contributed by atoms with Crippen molar-refractivity contribution < 1.29 is 13.2 Å². The second-order valence-corrected chi connectivity index (χ2v) is 6.18. The van der Waals surface area contributed by atoms with Crippen molar-refractivity contribution in [3.63, 3.8) is 0 Å². The predicted molar refractivity (Wildman–Crippen MR) is 74.4 cm³/mol. The molecule has 2 amide bonds. The number of amides is 2. The van der Waals surface area contributed by atoms with Gasteiger partial charge in [0.2, 0.25) is 0 Å². The molecule has 0 bridgehead atoms. The summed E-state index contributed by atoms with van der Waals surface area (Å²) in [5.74, 6) is 0. The first-order valence-corrected chi connectivity index (χ1v) is 7.69. The first kappa shape index (κ1) is 15.5. The lowest BCUT2D eigenvalue weighted by atomic mass is 10.2. The number of urea groups is 1. The van der Waals surface area contributed by atoms with Gasteiger partial charge in [0.15, 0.2) is 0 Å². The third kappa shape index (κ3) is 4.55. The van der Waals surface area contributed by atoms with Crippen LogP contribution in [0.25, 0.3) is 0 Å². The third-order valence-corrected chi connectivity index (χ3v) is 4.08. The summed E-state index contributed by atoms with van der Waals surface area (Å²) in [5, 5.41) is 0. The topological polar surface area (TPSA) is 66.5 Å². The first-order chi connectivity index (χ1) is 8.86. The fraction of sp³-hybridized carbons (Fsp3) is 0.462. The third-order valence-electron chi connectivity index (χ3n) is 2.75. The molecule has 1 rings (SSSR count).